The van der Waals surface area contributed by atoms with E-state index in [-0.39, 0.29) is 5.91 Å². The van der Waals surface area contributed by atoms with Crippen LogP contribution < -0.4 is 5.32 Å². The van der Waals surface area contributed by atoms with Gasteiger partial charge >= 0.3 is 0 Å². The third kappa shape index (κ3) is 5.47. The van der Waals surface area contributed by atoms with Crippen molar-refractivity contribution in [2.75, 3.05) is 39.3 Å². The van der Waals surface area contributed by atoms with Crippen LogP contribution in [0.15, 0.2) is 24.3 Å². The second-order valence-electron chi connectivity index (χ2n) is 7.16. The summed E-state index contributed by atoms with van der Waals surface area (Å²) < 4.78 is 1.83. The Labute approximate surface area is 176 Å². The van der Waals surface area contributed by atoms with E-state index in [0.717, 1.165) is 61.1 Å². The van der Waals surface area contributed by atoms with Crippen molar-refractivity contribution in [2.45, 2.75) is 26.9 Å². The Morgan fingerprint density at radius 1 is 1.14 bits per heavy atom. The van der Waals surface area contributed by atoms with Gasteiger partial charge in [-0.1, -0.05) is 35.3 Å². The Bertz CT molecular complexity index is 798. The predicted molar refractivity (Wildman–Crippen MR) is 113 cm³/mol. The molecule has 2 heterocycles. The summed E-state index contributed by atoms with van der Waals surface area (Å²) in [5.41, 5.74) is 3.09. The van der Waals surface area contributed by atoms with Gasteiger partial charge in [-0.3, -0.25) is 9.69 Å². The van der Waals surface area contributed by atoms with Crippen LogP contribution in [-0.2, 0) is 17.9 Å². The van der Waals surface area contributed by atoms with Gasteiger partial charge in [-0.25, -0.2) is 4.68 Å². The van der Waals surface area contributed by atoms with E-state index in [9.17, 15) is 4.79 Å². The monoisotopic (exact) mass is 423 g/mol. The second kappa shape index (κ2) is 9.74. The highest BCUT2D eigenvalue weighted by Crippen LogP contribution is 2.21. The fourth-order valence-corrected chi connectivity index (χ4v) is 3.82. The van der Waals surface area contributed by atoms with Crippen LogP contribution in [0.25, 0.3) is 0 Å². The van der Waals surface area contributed by atoms with E-state index in [2.05, 4.69) is 15.3 Å². The van der Waals surface area contributed by atoms with Gasteiger partial charge in [0.1, 0.15) is 5.15 Å². The molecule has 1 aliphatic heterocycles. The van der Waals surface area contributed by atoms with E-state index in [1.165, 1.54) is 0 Å². The first-order valence-corrected chi connectivity index (χ1v) is 10.3. The predicted octanol–water partition coefficient (Wildman–Crippen LogP) is 2.80. The van der Waals surface area contributed by atoms with E-state index in [4.69, 9.17) is 23.2 Å². The first kappa shape index (κ1) is 21.1. The molecule has 1 saturated heterocycles. The largest absolute Gasteiger partial charge is 0.340 e. The SMILES string of the molecule is CC(=O)N1CCN(CCNCc2c(C)nn(Cc3ccc(Cl)cc3)c2Cl)CC1. The zero-order chi connectivity index (χ0) is 20.1. The van der Waals surface area contributed by atoms with Gasteiger partial charge in [0.15, 0.2) is 0 Å². The number of hydrogen-bond acceptors (Lipinski definition) is 4. The molecule has 6 nitrogen and oxygen atoms in total. The van der Waals surface area contributed by atoms with Crippen molar-refractivity contribution in [1.82, 2.24) is 24.9 Å². The van der Waals surface area contributed by atoms with E-state index < -0.39 is 0 Å². The van der Waals surface area contributed by atoms with Crippen LogP contribution in [0.1, 0.15) is 23.7 Å². The second-order valence-corrected chi connectivity index (χ2v) is 7.96. The standard InChI is InChI=1S/C20H27Cl2N5O/c1-15-19(13-23-7-8-25-9-11-26(12-10-25)16(2)28)20(22)27(24-15)14-17-3-5-18(21)6-4-17/h3-6,23H,7-14H2,1-2H3. The van der Waals surface area contributed by atoms with Crippen molar-refractivity contribution in [2.24, 2.45) is 0 Å². The lowest BCUT2D eigenvalue weighted by molar-refractivity contribution is -0.130. The topological polar surface area (TPSA) is 53.4 Å². The number of piperazine rings is 1. The Balaban J connectivity index is 1.46. The Hall–Kier alpha value is -1.60. The lowest BCUT2D eigenvalue weighted by atomic mass is 10.2. The van der Waals surface area contributed by atoms with Crippen molar-refractivity contribution >= 4 is 29.1 Å². The van der Waals surface area contributed by atoms with Crippen molar-refractivity contribution in [3.63, 3.8) is 0 Å². The number of hydrogen-bond donors (Lipinski definition) is 1. The minimum Gasteiger partial charge on any atom is -0.340 e. The van der Waals surface area contributed by atoms with Gasteiger partial charge in [0.25, 0.3) is 0 Å². The third-order valence-electron chi connectivity index (χ3n) is 5.15. The van der Waals surface area contributed by atoms with Gasteiger partial charge in [0.05, 0.1) is 12.2 Å². The Kier molecular flexibility index (Phi) is 7.35. The van der Waals surface area contributed by atoms with Crippen LogP contribution in [0.4, 0.5) is 0 Å². The summed E-state index contributed by atoms with van der Waals surface area (Å²) in [5, 5.41) is 9.45. The molecule has 1 aromatic carbocycles. The van der Waals surface area contributed by atoms with Crippen molar-refractivity contribution in [3.8, 4) is 0 Å². The molecule has 152 valence electrons. The molecule has 1 aliphatic rings. The summed E-state index contributed by atoms with van der Waals surface area (Å²) >= 11 is 12.5. The highest BCUT2D eigenvalue weighted by Gasteiger charge is 2.18. The maximum absolute atomic E-state index is 11.4. The van der Waals surface area contributed by atoms with Crippen molar-refractivity contribution in [3.05, 3.63) is 51.3 Å². The van der Waals surface area contributed by atoms with Crippen LogP contribution in [-0.4, -0.2) is 64.8 Å². The average molecular weight is 424 g/mol. The van der Waals surface area contributed by atoms with Gasteiger partial charge in [-0.05, 0) is 24.6 Å². The third-order valence-corrected chi connectivity index (χ3v) is 5.83. The number of benzene rings is 1. The van der Waals surface area contributed by atoms with Gasteiger partial charge < -0.3 is 10.2 Å². The smallest absolute Gasteiger partial charge is 0.219 e. The summed E-state index contributed by atoms with van der Waals surface area (Å²) in [4.78, 5) is 15.7. The first-order chi connectivity index (χ1) is 13.4. The summed E-state index contributed by atoms with van der Waals surface area (Å²) in [6.45, 7) is 10.3. The van der Waals surface area contributed by atoms with Crippen LogP contribution in [0.5, 0.6) is 0 Å². The lowest BCUT2D eigenvalue weighted by Gasteiger charge is -2.34. The molecule has 1 amide bonds. The quantitative estimate of drug-likeness (QED) is 0.695. The number of amides is 1. The Morgan fingerprint density at radius 2 is 1.82 bits per heavy atom. The van der Waals surface area contributed by atoms with Crippen LogP contribution >= 0.6 is 23.2 Å². The fraction of sp³-hybridized carbons (Fsp3) is 0.500. The number of aromatic nitrogens is 2. The number of rotatable bonds is 7. The van der Waals surface area contributed by atoms with Crippen LogP contribution in [0.2, 0.25) is 10.2 Å². The fourth-order valence-electron chi connectivity index (χ4n) is 3.40. The molecule has 2 aromatic rings. The molecule has 0 radical (unpaired) electrons. The number of carbonyl (C=O) groups is 1. The van der Waals surface area contributed by atoms with Gasteiger partial charge in [0, 0.05) is 63.3 Å². The molecule has 1 fully saturated rings. The van der Waals surface area contributed by atoms with Gasteiger partial charge in [-0.2, -0.15) is 5.10 Å². The number of halogens is 2. The molecule has 1 N–H and O–H groups in total. The maximum Gasteiger partial charge on any atom is 0.219 e. The van der Waals surface area contributed by atoms with Gasteiger partial charge in [-0.15, -0.1) is 0 Å². The van der Waals surface area contributed by atoms with E-state index in [0.29, 0.717) is 18.2 Å². The number of nitrogens with zero attached hydrogens (tertiary/aromatic N) is 4. The number of aryl methyl sites for hydroxylation is 1. The van der Waals surface area contributed by atoms with E-state index in [1.54, 1.807) is 6.92 Å². The van der Waals surface area contributed by atoms with Gasteiger partial charge in [0.2, 0.25) is 5.91 Å². The molecule has 28 heavy (non-hydrogen) atoms. The zero-order valence-corrected chi connectivity index (χ0v) is 17.9. The van der Waals surface area contributed by atoms with Crippen molar-refractivity contribution < 1.29 is 4.79 Å². The van der Waals surface area contributed by atoms with E-state index in [1.807, 2.05) is 40.8 Å². The minimum absolute atomic E-state index is 0.165. The molecule has 0 spiro atoms. The Morgan fingerprint density at radius 3 is 2.46 bits per heavy atom. The highest BCUT2D eigenvalue weighted by atomic mass is 35.5. The molecule has 8 heteroatoms. The normalized spacial score (nSPS) is 15.2. The molecule has 3 rings (SSSR count). The molecular weight excluding hydrogens is 397 g/mol. The molecule has 0 saturated carbocycles. The van der Waals surface area contributed by atoms with Crippen molar-refractivity contribution in [1.29, 1.82) is 0 Å². The first-order valence-electron chi connectivity index (χ1n) is 9.59. The average Bonchev–Trinajstić information content (AvgIpc) is 2.94. The number of nitrogens with one attached hydrogen (secondary N) is 1. The van der Waals surface area contributed by atoms with Crippen LogP contribution in [0, 0.1) is 6.92 Å². The maximum atomic E-state index is 11.4. The molecular formula is C20H27Cl2N5O. The molecule has 0 atom stereocenters. The molecule has 0 unspecified atom stereocenters. The molecule has 1 aromatic heterocycles. The highest BCUT2D eigenvalue weighted by molar-refractivity contribution is 6.30. The minimum atomic E-state index is 0.165. The molecule has 0 aliphatic carbocycles. The summed E-state index contributed by atoms with van der Waals surface area (Å²) in [6, 6.07) is 7.72. The lowest BCUT2D eigenvalue weighted by Crippen LogP contribution is -2.49. The summed E-state index contributed by atoms with van der Waals surface area (Å²) in [6.07, 6.45) is 0. The van der Waals surface area contributed by atoms with Crippen LogP contribution in [0.3, 0.4) is 0 Å². The number of carbonyl (C=O) groups excluding carboxylic acids is 1. The van der Waals surface area contributed by atoms with E-state index >= 15 is 0 Å². The summed E-state index contributed by atoms with van der Waals surface area (Å²) in [7, 11) is 0. The molecule has 0 bridgehead atoms. The zero-order valence-electron chi connectivity index (χ0n) is 16.4. The summed E-state index contributed by atoms with van der Waals surface area (Å²) in [5.74, 6) is 0.165.